The topological polar surface area (TPSA) is 96.0 Å². The summed E-state index contributed by atoms with van der Waals surface area (Å²) in [5.74, 6) is -0.00737. The number of sulfonamides is 1. The molecule has 2 aromatic rings. The smallest absolute Gasteiger partial charge is 0.262 e. The summed E-state index contributed by atoms with van der Waals surface area (Å²) < 4.78 is 32.6. The fraction of sp³-hybridized carbons (Fsp3) is 0.333. The molecule has 3 rings (SSSR count). The Morgan fingerprint density at radius 1 is 1.03 bits per heavy atom. The normalized spacial score (nSPS) is 15.5. The highest BCUT2D eigenvalue weighted by Crippen LogP contribution is 2.21. The van der Waals surface area contributed by atoms with Crippen molar-refractivity contribution in [1.29, 1.82) is 0 Å². The monoisotopic (exact) mass is 431 g/mol. The number of Topliss-reactive ketones (excluding diaryl/α,β-unsaturated/α-hetero) is 1. The molecule has 1 saturated heterocycles. The van der Waals surface area contributed by atoms with Crippen LogP contribution in [-0.2, 0) is 14.8 Å². The number of ether oxygens (including phenoxy) is 1. The van der Waals surface area contributed by atoms with E-state index in [0.717, 1.165) is 0 Å². The zero-order valence-corrected chi connectivity index (χ0v) is 17.8. The first-order chi connectivity index (χ1) is 14.3. The third-order valence-electron chi connectivity index (χ3n) is 4.85. The molecular formula is C21H25N3O5S. The van der Waals surface area contributed by atoms with Gasteiger partial charge in [-0.05, 0) is 56.4 Å². The van der Waals surface area contributed by atoms with Crippen LogP contribution in [0.4, 0.5) is 5.69 Å². The molecule has 0 aliphatic carbocycles. The Bertz CT molecular complexity index is 1010. The molecule has 0 spiro atoms. The number of carbonyl (C=O) groups is 2. The van der Waals surface area contributed by atoms with Gasteiger partial charge in [0.25, 0.3) is 5.91 Å². The van der Waals surface area contributed by atoms with Crippen molar-refractivity contribution in [3.8, 4) is 5.75 Å². The zero-order chi connectivity index (χ0) is 21.7. The van der Waals surface area contributed by atoms with Crippen molar-refractivity contribution in [3.05, 3.63) is 54.1 Å². The highest BCUT2D eigenvalue weighted by Gasteiger charge is 2.27. The summed E-state index contributed by atoms with van der Waals surface area (Å²) in [6, 6.07) is 12.7. The minimum absolute atomic E-state index is 0.0503. The van der Waals surface area contributed by atoms with E-state index in [1.54, 1.807) is 36.4 Å². The molecule has 1 heterocycles. The van der Waals surface area contributed by atoms with Gasteiger partial charge in [0, 0.05) is 37.4 Å². The lowest BCUT2D eigenvalue weighted by Gasteiger charge is -2.31. The molecule has 2 aromatic carbocycles. The fourth-order valence-corrected chi connectivity index (χ4v) is 4.51. The van der Waals surface area contributed by atoms with Gasteiger partial charge in [0.1, 0.15) is 5.75 Å². The third kappa shape index (κ3) is 5.44. The summed E-state index contributed by atoms with van der Waals surface area (Å²) in [5, 5.41) is 2.66. The van der Waals surface area contributed by atoms with Crippen molar-refractivity contribution in [2.45, 2.75) is 11.8 Å². The van der Waals surface area contributed by atoms with Gasteiger partial charge in [0.15, 0.2) is 12.4 Å². The molecule has 0 aromatic heterocycles. The largest absolute Gasteiger partial charge is 0.484 e. The van der Waals surface area contributed by atoms with Crippen LogP contribution in [0.2, 0.25) is 0 Å². The molecule has 9 heteroatoms. The molecule has 1 fully saturated rings. The third-order valence-corrected chi connectivity index (χ3v) is 6.74. The summed E-state index contributed by atoms with van der Waals surface area (Å²) in [7, 11) is -1.66. The average Bonchev–Trinajstić information content (AvgIpc) is 2.73. The zero-order valence-electron chi connectivity index (χ0n) is 17.0. The standard InChI is InChI=1S/C21H25N3O5S/c1-16(25)17-6-8-19(9-7-17)29-15-21(26)22-18-4-3-5-20(14-18)30(27,28)24-12-10-23(2)11-13-24/h3-9,14H,10-13,15H2,1-2H3,(H,22,26). The minimum atomic E-state index is -3.61. The van der Waals surface area contributed by atoms with Gasteiger partial charge in [-0.2, -0.15) is 4.31 Å². The predicted molar refractivity (Wildman–Crippen MR) is 113 cm³/mol. The highest BCUT2D eigenvalue weighted by atomic mass is 32.2. The number of anilines is 1. The van der Waals surface area contributed by atoms with Gasteiger partial charge in [-0.15, -0.1) is 0 Å². The first kappa shape index (κ1) is 21.9. The Hall–Kier alpha value is -2.75. The van der Waals surface area contributed by atoms with Gasteiger partial charge in [-0.1, -0.05) is 6.07 Å². The number of likely N-dealkylation sites (N-methyl/N-ethyl adjacent to an activating group) is 1. The lowest BCUT2D eigenvalue weighted by Crippen LogP contribution is -2.47. The van der Waals surface area contributed by atoms with Gasteiger partial charge in [-0.3, -0.25) is 9.59 Å². The van der Waals surface area contributed by atoms with Gasteiger partial charge >= 0.3 is 0 Å². The molecule has 160 valence electrons. The molecule has 0 bridgehead atoms. The minimum Gasteiger partial charge on any atom is -0.484 e. The van der Waals surface area contributed by atoms with Crippen molar-refractivity contribution in [2.75, 3.05) is 45.2 Å². The molecule has 1 amide bonds. The van der Waals surface area contributed by atoms with Crippen LogP contribution in [0.3, 0.4) is 0 Å². The SMILES string of the molecule is CC(=O)c1ccc(OCC(=O)Nc2cccc(S(=O)(=O)N3CCN(C)CC3)c2)cc1. The quantitative estimate of drug-likeness (QED) is 0.672. The lowest BCUT2D eigenvalue weighted by molar-refractivity contribution is -0.118. The van der Waals surface area contributed by atoms with Crippen LogP contribution < -0.4 is 10.1 Å². The van der Waals surface area contributed by atoms with E-state index in [9.17, 15) is 18.0 Å². The van der Waals surface area contributed by atoms with Crippen molar-refractivity contribution < 1.29 is 22.7 Å². The number of carbonyl (C=O) groups excluding carboxylic acids is 2. The lowest BCUT2D eigenvalue weighted by atomic mass is 10.1. The van der Waals surface area contributed by atoms with Crippen LogP contribution in [0.25, 0.3) is 0 Å². The van der Waals surface area contributed by atoms with Crippen LogP contribution in [0.15, 0.2) is 53.4 Å². The molecule has 1 aliphatic heterocycles. The molecule has 0 saturated carbocycles. The molecule has 0 atom stereocenters. The summed E-state index contributed by atoms with van der Waals surface area (Å²) in [6.45, 7) is 3.47. The Morgan fingerprint density at radius 2 is 1.70 bits per heavy atom. The predicted octanol–water partition coefficient (Wildman–Crippen LogP) is 1.84. The first-order valence-corrected chi connectivity index (χ1v) is 11.0. The average molecular weight is 432 g/mol. The fourth-order valence-electron chi connectivity index (χ4n) is 3.04. The Morgan fingerprint density at radius 3 is 2.33 bits per heavy atom. The van der Waals surface area contributed by atoms with E-state index >= 15 is 0 Å². The number of hydrogen-bond donors (Lipinski definition) is 1. The van der Waals surface area contributed by atoms with Crippen LogP contribution in [0.1, 0.15) is 17.3 Å². The molecule has 0 unspecified atom stereocenters. The van der Waals surface area contributed by atoms with E-state index in [2.05, 4.69) is 10.2 Å². The summed E-state index contributed by atoms with van der Waals surface area (Å²) >= 11 is 0. The summed E-state index contributed by atoms with van der Waals surface area (Å²) in [4.78, 5) is 25.7. The number of hydrogen-bond acceptors (Lipinski definition) is 6. The Kier molecular flexibility index (Phi) is 6.86. The molecule has 8 nitrogen and oxygen atoms in total. The highest BCUT2D eigenvalue weighted by molar-refractivity contribution is 7.89. The van der Waals surface area contributed by atoms with Crippen LogP contribution in [0.5, 0.6) is 5.75 Å². The van der Waals surface area contributed by atoms with Crippen LogP contribution in [-0.4, -0.2) is 69.1 Å². The summed E-state index contributed by atoms with van der Waals surface area (Å²) in [5.41, 5.74) is 0.941. The molecule has 30 heavy (non-hydrogen) atoms. The Balaban J connectivity index is 1.60. The second kappa shape index (κ2) is 9.38. The number of rotatable bonds is 7. The van der Waals surface area contributed by atoms with Gasteiger partial charge in [0.05, 0.1) is 4.90 Å². The molecular weight excluding hydrogens is 406 g/mol. The number of piperazine rings is 1. The van der Waals surface area contributed by atoms with E-state index in [1.807, 2.05) is 7.05 Å². The number of amides is 1. The van der Waals surface area contributed by atoms with Gasteiger partial charge < -0.3 is 15.0 Å². The second-order valence-electron chi connectivity index (χ2n) is 7.15. The maximum absolute atomic E-state index is 12.9. The molecule has 1 aliphatic rings. The number of benzene rings is 2. The first-order valence-electron chi connectivity index (χ1n) is 9.58. The van der Waals surface area contributed by atoms with Gasteiger partial charge in [0.2, 0.25) is 10.0 Å². The maximum Gasteiger partial charge on any atom is 0.262 e. The summed E-state index contributed by atoms with van der Waals surface area (Å²) in [6.07, 6.45) is 0. The van der Waals surface area contributed by atoms with Crippen LogP contribution in [0, 0.1) is 0 Å². The van der Waals surface area contributed by atoms with Crippen LogP contribution >= 0.6 is 0 Å². The van der Waals surface area contributed by atoms with Crippen molar-refractivity contribution >= 4 is 27.4 Å². The van der Waals surface area contributed by atoms with Crippen molar-refractivity contribution in [1.82, 2.24) is 9.21 Å². The van der Waals surface area contributed by atoms with E-state index in [4.69, 9.17) is 4.74 Å². The van der Waals surface area contributed by atoms with E-state index in [1.165, 1.54) is 23.4 Å². The van der Waals surface area contributed by atoms with Gasteiger partial charge in [-0.25, -0.2) is 8.42 Å². The van der Waals surface area contributed by atoms with E-state index in [-0.39, 0.29) is 17.3 Å². The van der Waals surface area contributed by atoms with E-state index < -0.39 is 15.9 Å². The second-order valence-corrected chi connectivity index (χ2v) is 9.09. The van der Waals surface area contributed by atoms with Crippen molar-refractivity contribution in [2.24, 2.45) is 0 Å². The number of nitrogens with one attached hydrogen (secondary N) is 1. The van der Waals surface area contributed by atoms with E-state index in [0.29, 0.717) is 43.2 Å². The maximum atomic E-state index is 12.9. The molecule has 1 N–H and O–H groups in total. The Labute approximate surface area is 176 Å². The number of nitrogens with zero attached hydrogens (tertiary/aromatic N) is 2. The number of ketones is 1. The molecule has 0 radical (unpaired) electrons. The van der Waals surface area contributed by atoms with Crippen molar-refractivity contribution in [3.63, 3.8) is 0 Å².